The summed E-state index contributed by atoms with van der Waals surface area (Å²) in [5.74, 6) is 0.532. The number of rotatable bonds is 3. The maximum Gasteiger partial charge on any atom is 0.120 e. The van der Waals surface area contributed by atoms with Crippen molar-refractivity contribution in [3.8, 4) is 5.75 Å². The number of β-amino-alcohol motifs (C(OH)–C–C–N with tert-alkyl or cyclic N) is 1. The van der Waals surface area contributed by atoms with Crippen molar-refractivity contribution < 1.29 is 18.9 Å². The van der Waals surface area contributed by atoms with Gasteiger partial charge in [0.05, 0.1) is 19.4 Å². The first kappa shape index (κ1) is 12.2. The van der Waals surface area contributed by atoms with E-state index >= 15 is 0 Å². The molecule has 0 bridgehead atoms. The minimum atomic E-state index is -3.16. The number of aliphatic hydroxyl groups excluding tert-OH is 1. The summed E-state index contributed by atoms with van der Waals surface area (Å²) in [6, 6.07) is 4.98. The Morgan fingerprint density at radius 2 is 2.18 bits per heavy atom. The SMILES string of the molecule is COc1ccc2c(c1)S(O)(O)N=CN2CCO. The molecule has 3 N–H and O–H groups in total. The van der Waals surface area contributed by atoms with Gasteiger partial charge in [0.1, 0.15) is 17.0 Å². The Bertz CT molecular complexity index is 450. The molecule has 0 aliphatic carbocycles. The molecular weight excluding hydrogens is 244 g/mol. The molecule has 0 fully saturated rings. The van der Waals surface area contributed by atoms with E-state index in [2.05, 4.69) is 4.40 Å². The van der Waals surface area contributed by atoms with Crippen LogP contribution in [0.1, 0.15) is 0 Å². The number of hydrogen-bond acceptors (Lipinski definition) is 6. The second-order valence-corrected chi connectivity index (χ2v) is 5.18. The monoisotopic (exact) mass is 258 g/mol. The third-order valence-corrected chi connectivity index (χ3v) is 3.75. The standard InChI is InChI=1S/C10H14N2O4S/c1-16-8-2-3-9-10(6-8)17(14,15)11-7-12(9)4-5-13/h2-3,6-7,13-15H,4-5H2,1H3. The smallest absolute Gasteiger partial charge is 0.120 e. The maximum absolute atomic E-state index is 9.83. The van der Waals surface area contributed by atoms with Crippen LogP contribution in [0.15, 0.2) is 27.5 Å². The number of ether oxygens (including phenoxy) is 1. The van der Waals surface area contributed by atoms with E-state index in [0.29, 0.717) is 22.9 Å². The van der Waals surface area contributed by atoms with Gasteiger partial charge >= 0.3 is 0 Å². The zero-order chi connectivity index (χ0) is 12.5. The van der Waals surface area contributed by atoms with Gasteiger partial charge in [-0.1, -0.05) is 10.8 Å². The predicted octanol–water partition coefficient (Wildman–Crippen LogP) is 1.56. The number of anilines is 1. The average Bonchev–Trinajstić information content (AvgIpc) is 2.33. The lowest BCUT2D eigenvalue weighted by atomic mass is 10.2. The Hall–Kier alpha value is -1.28. The van der Waals surface area contributed by atoms with Gasteiger partial charge in [-0.2, -0.15) is 0 Å². The minimum Gasteiger partial charge on any atom is -0.497 e. The first-order valence-electron chi connectivity index (χ1n) is 4.97. The van der Waals surface area contributed by atoms with Gasteiger partial charge in [-0.3, -0.25) is 9.11 Å². The van der Waals surface area contributed by atoms with Gasteiger partial charge in [-0.25, -0.2) is 0 Å². The van der Waals surface area contributed by atoms with E-state index in [9.17, 15) is 9.11 Å². The summed E-state index contributed by atoms with van der Waals surface area (Å²) in [5.41, 5.74) is 0.620. The van der Waals surface area contributed by atoms with Crippen LogP contribution in [0.2, 0.25) is 0 Å². The van der Waals surface area contributed by atoms with Crippen LogP contribution in [0, 0.1) is 0 Å². The number of fused-ring (bicyclic) bond motifs is 1. The molecule has 0 saturated heterocycles. The Balaban J connectivity index is 2.48. The summed E-state index contributed by atoms with van der Waals surface area (Å²) >= 11 is 0. The Labute approximate surface area is 101 Å². The van der Waals surface area contributed by atoms with Crippen LogP contribution in [-0.4, -0.2) is 40.8 Å². The molecule has 1 aliphatic rings. The van der Waals surface area contributed by atoms with Crippen LogP contribution in [0.3, 0.4) is 0 Å². The lowest BCUT2D eigenvalue weighted by Gasteiger charge is -2.36. The molecule has 6 nitrogen and oxygen atoms in total. The fraction of sp³-hybridized carbons (Fsp3) is 0.300. The fourth-order valence-electron chi connectivity index (χ4n) is 1.61. The largest absolute Gasteiger partial charge is 0.497 e. The number of aliphatic hydroxyl groups is 1. The molecule has 0 spiro atoms. The minimum absolute atomic E-state index is 0.0450. The molecule has 1 aromatic rings. The van der Waals surface area contributed by atoms with Gasteiger partial charge in [-0.05, 0) is 12.1 Å². The van der Waals surface area contributed by atoms with Crippen molar-refractivity contribution in [2.75, 3.05) is 25.2 Å². The van der Waals surface area contributed by atoms with Gasteiger partial charge in [0.25, 0.3) is 0 Å². The molecule has 1 aliphatic heterocycles. The second kappa shape index (κ2) is 4.53. The first-order valence-corrected chi connectivity index (χ1v) is 6.48. The van der Waals surface area contributed by atoms with Crippen molar-refractivity contribution in [2.45, 2.75) is 4.90 Å². The topological polar surface area (TPSA) is 85.5 Å². The molecule has 1 heterocycles. The number of benzene rings is 1. The van der Waals surface area contributed by atoms with Crippen molar-refractivity contribution in [1.29, 1.82) is 0 Å². The summed E-state index contributed by atoms with van der Waals surface area (Å²) in [5, 5.41) is 8.93. The zero-order valence-electron chi connectivity index (χ0n) is 9.28. The van der Waals surface area contributed by atoms with E-state index in [0.717, 1.165) is 0 Å². The van der Waals surface area contributed by atoms with E-state index in [1.165, 1.54) is 13.4 Å². The highest BCUT2D eigenvalue weighted by Crippen LogP contribution is 2.56. The molecule has 0 aromatic heterocycles. The molecule has 1 aromatic carbocycles. The van der Waals surface area contributed by atoms with E-state index in [1.807, 2.05) is 0 Å². The van der Waals surface area contributed by atoms with Crippen LogP contribution >= 0.6 is 10.8 Å². The highest BCUT2D eigenvalue weighted by Gasteiger charge is 2.26. The summed E-state index contributed by atoms with van der Waals surface area (Å²) in [6.45, 7) is 0.301. The van der Waals surface area contributed by atoms with Crippen LogP contribution < -0.4 is 9.64 Å². The third-order valence-electron chi connectivity index (χ3n) is 2.45. The van der Waals surface area contributed by atoms with Crippen LogP contribution in [0.4, 0.5) is 5.69 Å². The Morgan fingerprint density at radius 1 is 1.41 bits per heavy atom. The molecule has 7 heteroatoms. The number of hydrogen-bond donors (Lipinski definition) is 3. The quantitative estimate of drug-likeness (QED) is 0.766. The highest BCUT2D eigenvalue weighted by atomic mass is 32.3. The van der Waals surface area contributed by atoms with Gasteiger partial charge < -0.3 is 14.7 Å². The van der Waals surface area contributed by atoms with E-state index in [-0.39, 0.29) is 6.61 Å². The Kier molecular flexibility index (Phi) is 3.25. The third kappa shape index (κ3) is 2.22. The van der Waals surface area contributed by atoms with E-state index < -0.39 is 10.8 Å². The number of methoxy groups -OCH3 is 1. The molecule has 94 valence electrons. The van der Waals surface area contributed by atoms with Gasteiger partial charge in [0.15, 0.2) is 0 Å². The van der Waals surface area contributed by atoms with Crippen LogP contribution in [0.25, 0.3) is 0 Å². The molecule has 0 saturated carbocycles. The van der Waals surface area contributed by atoms with Crippen molar-refractivity contribution in [3.63, 3.8) is 0 Å². The van der Waals surface area contributed by atoms with Crippen molar-refractivity contribution in [3.05, 3.63) is 18.2 Å². The van der Waals surface area contributed by atoms with Crippen LogP contribution in [-0.2, 0) is 0 Å². The molecule has 2 rings (SSSR count). The normalized spacial score (nSPS) is 18.7. The second-order valence-electron chi connectivity index (χ2n) is 3.49. The molecule has 0 amide bonds. The summed E-state index contributed by atoms with van der Waals surface area (Å²) in [6.07, 6.45) is 1.33. The lowest BCUT2D eigenvalue weighted by Crippen LogP contribution is -2.29. The summed E-state index contributed by atoms with van der Waals surface area (Å²) in [7, 11) is -1.65. The molecular formula is C10H14N2O4S. The predicted molar refractivity (Wildman–Crippen MR) is 67.0 cm³/mol. The van der Waals surface area contributed by atoms with Crippen molar-refractivity contribution >= 4 is 22.8 Å². The first-order chi connectivity index (χ1) is 8.08. The maximum atomic E-state index is 9.83. The summed E-state index contributed by atoms with van der Waals surface area (Å²) < 4.78 is 28.4. The fourth-order valence-corrected chi connectivity index (χ4v) is 2.70. The lowest BCUT2D eigenvalue weighted by molar-refractivity contribution is 0.306. The summed E-state index contributed by atoms with van der Waals surface area (Å²) in [4.78, 5) is 1.97. The van der Waals surface area contributed by atoms with Crippen molar-refractivity contribution in [1.82, 2.24) is 0 Å². The average molecular weight is 258 g/mol. The Morgan fingerprint density at radius 3 is 2.82 bits per heavy atom. The van der Waals surface area contributed by atoms with Gasteiger partial charge in [0, 0.05) is 12.6 Å². The highest BCUT2D eigenvalue weighted by molar-refractivity contribution is 8.23. The van der Waals surface area contributed by atoms with Gasteiger partial charge in [-0.15, -0.1) is 4.40 Å². The molecule has 0 unspecified atom stereocenters. The zero-order valence-corrected chi connectivity index (χ0v) is 10.1. The molecule has 0 atom stereocenters. The molecule has 17 heavy (non-hydrogen) atoms. The number of nitrogens with zero attached hydrogens (tertiary/aromatic N) is 2. The van der Waals surface area contributed by atoms with Crippen LogP contribution in [0.5, 0.6) is 5.75 Å². The van der Waals surface area contributed by atoms with E-state index in [4.69, 9.17) is 9.84 Å². The van der Waals surface area contributed by atoms with Crippen molar-refractivity contribution in [2.24, 2.45) is 4.40 Å². The molecule has 0 radical (unpaired) electrons. The van der Waals surface area contributed by atoms with Gasteiger partial charge in [0.2, 0.25) is 0 Å². The van der Waals surface area contributed by atoms with E-state index in [1.54, 1.807) is 23.1 Å².